The largest absolute Gasteiger partial charge is 0.497 e. The van der Waals surface area contributed by atoms with E-state index in [-0.39, 0.29) is 0 Å². The molecule has 0 saturated carbocycles. The van der Waals surface area contributed by atoms with Gasteiger partial charge in [0.2, 0.25) is 0 Å². The summed E-state index contributed by atoms with van der Waals surface area (Å²) in [6, 6.07) is 16.4. The fourth-order valence-corrected chi connectivity index (χ4v) is 3.52. The van der Waals surface area contributed by atoms with Crippen molar-refractivity contribution in [2.24, 2.45) is 0 Å². The summed E-state index contributed by atoms with van der Waals surface area (Å²) in [5, 5.41) is 1.20. The number of rotatable bonds is 5. The Kier molecular flexibility index (Phi) is 4.65. The Hall–Kier alpha value is -2.75. The van der Waals surface area contributed by atoms with Gasteiger partial charge in [0.1, 0.15) is 18.1 Å². The molecule has 3 aromatic rings. The summed E-state index contributed by atoms with van der Waals surface area (Å²) in [5.41, 5.74) is 4.46. The van der Waals surface area contributed by atoms with Gasteiger partial charge in [-0.05, 0) is 55.7 Å². The van der Waals surface area contributed by atoms with Crippen molar-refractivity contribution in [3.05, 3.63) is 59.8 Å². The summed E-state index contributed by atoms with van der Waals surface area (Å²) in [7, 11) is 1.67. The van der Waals surface area contributed by atoms with E-state index < -0.39 is 0 Å². The van der Waals surface area contributed by atoms with E-state index in [1.54, 1.807) is 7.11 Å². The molecule has 134 valence electrons. The number of ether oxygens (including phenoxy) is 2. The van der Waals surface area contributed by atoms with Crippen molar-refractivity contribution >= 4 is 16.6 Å². The minimum atomic E-state index is 0.528. The molecule has 0 spiro atoms. The molecule has 4 rings (SSSR count). The number of methoxy groups -OCH3 is 1. The Labute approximate surface area is 154 Å². The van der Waals surface area contributed by atoms with Gasteiger partial charge in [-0.1, -0.05) is 12.1 Å². The number of pyridine rings is 1. The second-order valence-electron chi connectivity index (χ2n) is 6.79. The van der Waals surface area contributed by atoms with E-state index in [0.29, 0.717) is 6.61 Å². The van der Waals surface area contributed by atoms with Crippen LogP contribution >= 0.6 is 0 Å². The van der Waals surface area contributed by atoms with Crippen LogP contribution in [0.15, 0.2) is 48.5 Å². The van der Waals surface area contributed by atoms with Crippen molar-refractivity contribution in [2.75, 3.05) is 25.1 Å². The predicted octanol–water partition coefficient (Wildman–Crippen LogP) is 4.73. The van der Waals surface area contributed by atoms with Gasteiger partial charge in [0, 0.05) is 35.9 Å². The zero-order valence-corrected chi connectivity index (χ0v) is 15.4. The Morgan fingerprint density at radius 3 is 2.42 bits per heavy atom. The van der Waals surface area contributed by atoms with Crippen LogP contribution in [0.2, 0.25) is 0 Å². The minimum absolute atomic E-state index is 0.528. The lowest BCUT2D eigenvalue weighted by Crippen LogP contribution is -2.18. The lowest BCUT2D eigenvalue weighted by molar-refractivity contribution is 0.306. The van der Waals surface area contributed by atoms with E-state index in [4.69, 9.17) is 14.5 Å². The van der Waals surface area contributed by atoms with E-state index in [1.165, 1.54) is 23.9 Å². The normalized spacial score (nSPS) is 14.0. The molecule has 2 aromatic carbocycles. The summed E-state index contributed by atoms with van der Waals surface area (Å²) in [4.78, 5) is 7.19. The molecular formula is C22H24N2O2. The summed E-state index contributed by atoms with van der Waals surface area (Å²) in [6.45, 7) is 4.85. The molecule has 0 atom stereocenters. The number of fused-ring (bicyclic) bond motifs is 1. The zero-order valence-electron chi connectivity index (χ0n) is 15.4. The first-order valence-corrected chi connectivity index (χ1v) is 9.15. The fourth-order valence-electron chi connectivity index (χ4n) is 3.52. The van der Waals surface area contributed by atoms with Crippen LogP contribution in [0.25, 0.3) is 10.9 Å². The van der Waals surface area contributed by atoms with Gasteiger partial charge in [0.15, 0.2) is 0 Å². The van der Waals surface area contributed by atoms with E-state index >= 15 is 0 Å². The van der Waals surface area contributed by atoms with E-state index in [2.05, 4.69) is 24.0 Å². The molecule has 1 aliphatic heterocycles. The van der Waals surface area contributed by atoms with Gasteiger partial charge in [0.05, 0.1) is 12.6 Å². The number of aromatic nitrogens is 1. The van der Waals surface area contributed by atoms with Gasteiger partial charge in [-0.15, -0.1) is 0 Å². The molecule has 1 fully saturated rings. The smallest absolute Gasteiger partial charge is 0.122 e. The highest BCUT2D eigenvalue weighted by molar-refractivity contribution is 5.93. The van der Waals surface area contributed by atoms with Gasteiger partial charge >= 0.3 is 0 Å². The highest BCUT2D eigenvalue weighted by Gasteiger charge is 2.16. The predicted molar refractivity (Wildman–Crippen MR) is 105 cm³/mol. The van der Waals surface area contributed by atoms with Gasteiger partial charge in [0.25, 0.3) is 0 Å². The maximum absolute atomic E-state index is 5.98. The van der Waals surface area contributed by atoms with Crippen molar-refractivity contribution in [1.29, 1.82) is 0 Å². The Morgan fingerprint density at radius 2 is 1.69 bits per heavy atom. The standard InChI is InChI=1S/C22H24N2O2/c1-16-13-22(24-11-3-4-12-24)20-10-9-19(14-21(20)23-16)26-15-17-5-7-18(25-2)8-6-17/h5-10,13-14H,3-4,11-12,15H2,1-2H3. The molecule has 0 radical (unpaired) electrons. The number of hydrogen-bond acceptors (Lipinski definition) is 4. The molecule has 26 heavy (non-hydrogen) atoms. The summed E-state index contributed by atoms with van der Waals surface area (Å²) in [6.07, 6.45) is 2.54. The highest BCUT2D eigenvalue weighted by atomic mass is 16.5. The molecular weight excluding hydrogens is 324 g/mol. The van der Waals surface area contributed by atoms with Crippen LogP contribution in [-0.4, -0.2) is 25.2 Å². The number of aryl methyl sites for hydroxylation is 1. The maximum Gasteiger partial charge on any atom is 0.122 e. The topological polar surface area (TPSA) is 34.6 Å². The van der Waals surface area contributed by atoms with Crippen LogP contribution in [0.4, 0.5) is 5.69 Å². The molecule has 1 saturated heterocycles. The fraction of sp³-hybridized carbons (Fsp3) is 0.318. The Morgan fingerprint density at radius 1 is 0.962 bits per heavy atom. The molecule has 4 nitrogen and oxygen atoms in total. The van der Waals surface area contributed by atoms with Crippen molar-refractivity contribution in [3.63, 3.8) is 0 Å². The van der Waals surface area contributed by atoms with Crippen molar-refractivity contribution in [2.45, 2.75) is 26.4 Å². The third-order valence-electron chi connectivity index (χ3n) is 4.90. The van der Waals surface area contributed by atoms with E-state index in [9.17, 15) is 0 Å². The molecule has 0 amide bonds. The third-order valence-corrected chi connectivity index (χ3v) is 4.90. The third kappa shape index (κ3) is 3.45. The van der Waals surface area contributed by atoms with Gasteiger partial charge in [-0.25, -0.2) is 0 Å². The Bertz CT molecular complexity index is 900. The number of nitrogens with zero attached hydrogens (tertiary/aromatic N) is 2. The molecule has 0 aliphatic carbocycles. The molecule has 2 heterocycles. The molecule has 0 bridgehead atoms. The quantitative estimate of drug-likeness (QED) is 0.667. The van der Waals surface area contributed by atoms with Crippen LogP contribution in [0.1, 0.15) is 24.1 Å². The van der Waals surface area contributed by atoms with Gasteiger partial charge in [-0.2, -0.15) is 0 Å². The van der Waals surface area contributed by atoms with Crippen LogP contribution in [0.5, 0.6) is 11.5 Å². The van der Waals surface area contributed by atoms with Crippen LogP contribution < -0.4 is 14.4 Å². The second kappa shape index (κ2) is 7.24. The minimum Gasteiger partial charge on any atom is -0.497 e. The first-order chi connectivity index (χ1) is 12.7. The maximum atomic E-state index is 5.98. The molecule has 1 aliphatic rings. The number of hydrogen-bond donors (Lipinski definition) is 0. The Balaban J connectivity index is 1.56. The first-order valence-electron chi connectivity index (χ1n) is 9.15. The average molecular weight is 348 g/mol. The average Bonchev–Trinajstić information content (AvgIpc) is 3.20. The van der Waals surface area contributed by atoms with Gasteiger partial charge < -0.3 is 14.4 Å². The van der Waals surface area contributed by atoms with Crippen molar-refractivity contribution in [3.8, 4) is 11.5 Å². The molecule has 1 aromatic heterocycles. The summed E-state index contributed by atoms with van der Waals surface area (Å²) in [5.74, 6) is 1.70. The first kappa shape index (κ1) is 16.7. The zero-order chi connectivity index (χ0) is 17.9. The highest BCUT2D eigenvalue weighted by Crippen LogP contribution is 2.31. The van der Waals surface area contributed by atoms with E-state index in [1.807, 2.05) is 36.4 Å². The molecule has 0 unspecified atom stereocenters. The monoisotopic (exact) mass is 348 g/mol. The lowest BCUT2D eigenvalue weighted by atomic mass is 10.1. The van der Waals surface area contributed by atoms with Crippen molar-refractivity contribution in [1.82, 2.24) is 4.98 Å². The van der Waals surface area contributed by atoms with Gasteiger partial charge in [-0.3, -0.25) is 4.98 Å². The second-order valence-corrected chi connectivity index (χ2v) is 6.79. The number of anilines is 1. The lowest BCUT2D eigenvalue weighted by Gasteiger charge is -2.20. The summed E-state index contributed by atoms with van der Waals surface area (Å²) >= 11 is 0. The SMILES string of the molecule is COc1ccc(COc2ccc3c(N4CCCC4)cc(C)nc3c2)cc1. The van der Waals surface area contributed by atoms with Crippen LogP contribution in [0, 0.1) is 6.92 Å². The number of benzene rings is 2. The summed E-state index contributed by atoms with van der Waals surface area (Å²) < 4.78 is 11.2. The van der Waals surface area contributed by atoms with Crippen molar-refractivity contribution < 1.29 is 9.47 Å². The van der Waals surface area contributed by atoms with Crippen LogP contribution in [0.3, 0.4) is 0 Å². The molecule has 0 N–H and O–H groups in total. The molecule has 4 heteroatoms. The van der Waals surface area contributed by atoms with E-state index in [0.717, 1.165) is 41.4 Å². The van der Waals surface area contributed by atoms with Crippen LogP contribution in [-0.2, 0) is 6.61 Å².